The summed E-state index contributed by atoms with van der Waals surface area (Å²) in [4.78, 5) is 11.4. The Morgan fingerprint density at radius 3 is 2.88 bits per heavy atom. The first kappa shape index (κ1) is 14.0. The molecule has 0 saturated carbocycles. The van der Waals surface area contributed by atoms with Crippen LogP contribution in [0.2, 0.25) is 0 Å². The largest absolute Gasteiger partial charge is 0.507 e. The first-order valence-corrected chi connectivity index (χ1v) is 6.21. The van der Waals surface area contributed by atoms with Gasteiger partial charge in [0.25, 0.3) is 0 Å². The summed E-state index contributed by atoms with van der Waals surface area (Å²) in [6.45, 7) is 4.46. The van der Waals surface area contributed by atoms with Crippen LogP contribution in [0.5, 0.6) is 5.75 Å². The number of hydrogen-bond donors (Lipinski definition) is 2. The number of nitrogens with one attached hydrogen (secondary N) is 1. The molecule has 1 rings (SSSR count). The zero-order chi connectivity index (χ0) is 12.8. The Hall–Kier alpha value is -1.07. The summed E-state index contributed by atoms with van der Waals surface area (Å²) in [6.07, 6.45) is 0. The molecular formula is C12H16BrNO3. The van der Waals surface area contributed by atoms with E-state index >= 15 is 0 Å². The number of benzene rings is 1. The molecule has 5 heteroatoms. The molecule has 0 amide bonds. The van der Waals surface area contributed by atoms with Gasteiger partial charge in [-0.25, -0.2) is 0 Å². The van der Waals surface area contributed by atoms with Gasteiger partial charge in [0.05, 0.1) is 11.1 Å². The van der Waals surface area contributed by atoms with Crippen LogP contribution in [0, 0.1) is 0 Å². The van der Waals surface area contributed by atoms with Crippen molar-refractivity contribution in [1.29, 1.82) is 0 Å². The van der Waals surface area contributed by atoms with Crippen molar-refractivity contribution >= 4 is 21.9 Å². The molecule has 0 fully saturated rings. The molecule has 1 aromatic rings. The first-order valence-electron chi connectivity index (χ1n) is 5.42. The normalized spacial score (nSPS) is 12.2. The van der Waals surface area contributed by atoms with E-state index in [0.717, 1.165) is 5.56 Å². The van der Waals surface area contributed by atoms with Gasteiger partial charge in [0.2, 0.25) is 0 Å². The summed E-state index contributed by atoms with van der Waals surface area (Å²) in [7, 11) is 0. The summed E-state index contributed by atoms with van der Waals surface area (Å²) in [6, 6.07) is 4.86. The molecule has 94 valence electrons. The third-order valence-electron chi connectivity index (χ3n) is 2.26. The second-order valence-electron chi connectivity index (χ2n) is 3.64. The highest BCUT2D eigenvalue weighted by molar-refractivity contribution is 9.10. The van der Waals surface area contributed by atoms with E-state index in [4.69, 9.17) is 4.74 Å². The van der Waals surface area contributed by atoms with Crippen molar-refractivity contribution in [2.45, 2.75) is 26.4 Å². The van der Waals surface area contributed by atoms with E-state index in [2.05, 4.69) is 21.2 Å². The summed E-state index contributed by atoms with van der Waals surface area (Å²) in [5.74, 6) is -0.0578. The van der Waals surface area contributed by atoms with Gasteiger partial charge in [-0.2, -0.15) is 0 Å². The molecule has 0 spiro atoms. The maximum absolute atomic E-state index is 11.4. The smallest absolute Gasteiger partial charge is 0.322 e. The molecule has 1 aromatic carbocycles. The van der Waals surface area contributed by atoms with Gasteiger partial charge in [-0.3, -0.25) is 4.79 Å². The van der Waals surface area contributed by atoms with Crippen LogP contribution in [0.4, 0.5) is 0 Å². The van der Waals surface area contributed by atoms with Gasteiger partial charge in [0, 0.05) is 6.54 Å². The summed E-state index contributed by atoms with van der Waals surface area (Å²) in [5.41, 5.74) is 0.978. The Morgan fingerprint density at radius 1 is 1.59 bits per heavy atom. The van der Waals surface area contributed by atoms with E-state index in [1.807, 2.05) is 0 Å². The minimum atomic E-state index is -0.345. The molecule has 0 radical (unpaired) electrons. The molecule has 4 nitrogen and oxygen atoms in total. The molecule has 0 aliphatic carbocycles. The highest BCUT2D eigenvalue weighted by Crippen LogP contribution is 2.24. The third kappa shape index (κ3) is 4.36. The minimum absolute atomic E-state index is 0.201. The monoisotopic (exact) mass is 301 g/mol. The number of ether oxygens (including phenoxy) is 1. The zero-order valence-corrected chi connectivity index (χ0v) is 11.5. The predicted molar refractivity (Wildman–Crippen MR) is 68.7 cm³/mol. The quantitative estimate of drug-likeness (QED) is 0.819. The van der Waals surface area contributed by atoms with Gasteiger partial charge in [0.15, 0.2) is 0 Å². The van der Waals surface area contributed by atoms with E-state index in [0.29, 0.717) is 17.6 Å². The fourth-order valence-corrected chi connectivity index (χ4v) is 1.71. The fraction of sp³-hybridized carbons (Fsp3) is 0.417. The van der Waals surface area contributed by atoms with Gasteiger partial charge in [-0.05, 0) is 47.5 Å². The van der Waals surface area contributed by atoms with Crippen LogP contribution in [-0.2, 0) is 16.1 Å². The average molecular weight is 302 g/mol. The van der Waals surface area contributed by atoms with Crippen LogP contribution >= 0.6 is 15.9 Å². The van der Waals surface area contributed by atoms with Gasteiger partial charge in [0.1, 0.15) is 11.8 Å². The summed E-state index contributed by atoms with van der Waals surface area (Å²) < 4.78 is 5.52. The van der Waals surface area contributed by atoms with E-state index in [-0.39, 0.29) is 17.8 Å². The number of hydrogen-bond acceptors (Lipinski definition) is 4. The number of aromatic hydroxyl groups is 1. The lowest BCUT2D eigenvalue weighted by Gasteiger charge is -2.12. The molecule has 1 atom stereocenters. The second kappa shape index (κ2) is 6.61. The van der Waals surface area contributed by atoms with Gasteiger partial charge in [-0.15, -0.1) is 0 Å². The molecule has 0 aromatic heterocycles. The molecule has 2 N–H and O–H groups in total. The topological polar surface area (TPSA) is 58.6 Å². The van der Waals surface area contributed by atoms with Crippen molar-refractivity contribution < 1.29 is 14.6 Å². The second-order valence-corrected chi connectivity index (χ2v) is 4.49. The third-order valence-corrected chi connectivity index (χ3v) is 2.90. The number of halogens is 1. The average Bonchev–Trinajstić information content (AvgIpc) is 2.30. The number of phenolic OH excluding ortho intramolecular Hbond substituents is 1. The standard InChI is InChI=1S/C12H16BrNO3/c1-3-17-12(16)8(2)14-7-9-4-5-11(15)10(13)6-9/h4-6,8,14-15H,3,7H2,1-2H3. The SMILES string of the molecule is CCOC(=O)C(C)NCc1ccc(O)c(Br)c1. The van der Waals surface area contributed by atoms with Crippen LogP contribution in [0.3, 0.4) is 0 Å². The maximum atomic E-state index is 11.4. The molecule has 1 unspecified atom stereocenters. The molecule has 0 aliphatic heterocycles. The number of carbonyl (C=O) groups is 1. The van der Waals surface area contributed by atoms with Crippen molar-refractivity contribution in [2.24, 2.45) is 0 Å². The van der Waals surface area contributed by atoms with Gasteiger partial charge >= 0.3 is 5.97 Å². The van der Waals surface area contributed by atoms with Crippen molar-refractivity contribution in [3.05, 3.63) is 28.2 Å². The highest BCUT2D eigenvalue weighted by atomic mass is 79.9. The van der Waals surface area contributed by atoms with Crippen LogP contribution in [-0.4, -0.2) is 23.7 Å². The summed E-state index contributed by atoms with van der Waals surface area (Å²) >= 11 is 3.24. The van der Waals surface area contributed by atoms with E-state index in [1.54, 1.807) is 32.0 Å². The molecule has 0 bridgehead atoms. The molecule has 0 aliphatic rings. The van der Waals surface area contributed by atoms with Crippen LogP contribution in [0.1, 0.15) is 19.4 Å². The summed E-state index contributed by atoms with van der Waals surface area (Å²) in [5, 5.41) is 12.4. The first-order chi connectivity index (χ1) is 8.04. The van der Waals surface area contributed by atoms with E-state index in [1.165, 1.54) is 0 Å². The molecule has 0 saturated heterocycles. The highest BCUT2D eigenvalue weighted by Gasteiger charge is 2.12. The fourth-order valence-electron chi connectivity index (χ4n) is 1.28. The van der Waals surface area contributed by atoms with E-state index < -0.39 is 0 Å². The number of phenols is 1. The molecular weight excluding hydrogens is 286 g/mol. The Bertz CT molecular complexity index is 395. The molecule has 0 heterocycles. The van der Waals surface area contributed by atoms with Crippen LogP contribution in [0.25, 0.3) is 0 Å². The maximum Gasteiger partial charge on any atom is 0.322 e. The van der Waals surface area contributed by atoms with Crippen LogP contribution in [0.15, 0.2) is 22.7 Å². The van der Waals surface area contributed by atoms with Crippen molar-refractivity contribution in [3.8, 4) is 5.75 Å². The van der Waals surface area contributed by atoms with E-state index in [9.17, 15) is 9.90 Å². The van der Waals surface area contributed by atoms with Gasteiger partial charge in [-0.1, -0.05) is 6.07 Å². The van der Waals surface area contributed by atoms with Crippen molar-refractivity contribution in [1.82, 2.24) is 5.32 Å². The van der Waals surface area contributed by atoms with Gasteiger partial charge < -0.3 is 15.2 Å². The lowest BCUT2D eigenvalue weighted by Crippen LogP contribution is -2.34. The lowest BCUT2D eigenvalue weighted by molar-refractivity contribution is -0.145. The number of esters is 1. The van der Waals surface area contributed by atoms with Crippen molar-refractivity contribution in [3.63, 3.8) is 0 Å². The van der Waals surface area contributed by atoms with Crippen LogP contribution < -0.4 is 5.32 Å². The number of rotatable bonds is 5. The Labute approximate surface area is 109 Å². The molecule has 17 heavy (non-hydrogen) atoms. The van der Waals surface area contributed by atoms with Crippen molar-refractivity contribution in [2.75, 3.05) is 6.61 Å². The Balaban J connectivity index is 2.50. The Morgan fingerprint density at radius 2 is 2.29 bits per heavy atom. The number of carbonyl (C=O) groups excluding carboxylic acids is 1. The minimum Gasteiger partial charge on any atom is -0.507 e. The Kier molecular flexibility index (Phi) is 5.44. The zero-order valence-electron chi connectivity index (χ0n) is 9.87. The predicted octanol–water partition coefficient (Wildman–Crippen LogP) is 2.20. The lowest BCUT2D eigenvalue weighted by atomic mass is 10.2.